The predicted molar refractivity (Wildman–Crippen MR) is 62.8 cm³/mol. The van der Waals surface area contributed by atoms with Crippen molar-refractivity contribution in [2.45, 2.75) is 39.2 Å². The van der Waals surface area contributed by atoms with Crippen molar-refractivity contribution in [2.75, 3.05) is 0 Å². The van der Waals surface area contributed by atoms with Crippen molar-refractivity contribution in [1.82, 2.24) is 0 Å². The molecule has 0 aromatic heterocycles. The lowest BCUT2D eigenvalue weighted by molar-refractivity contribution is 0.450. The average Bonchev–Trinajstić information content (AvgIpc) is 2.10. The zero-order valence-electron chi connectivity index (χ0n) is 9.10. The summed E-state index contributed by atoms with van der Waals surface area (Å²) < 4.78 is 0. The van der Waals surface area contributed by atoms with Crippen LogP contribution in [0.1, 0.15) is 31.4 Å². The van der Waals surface area contributed by atoms with E-state index >= 15 is 0 Å². The molecular formula is C12H18ClN. The molecule has 0 radical (unpaired) electrons. The second kappa shape index (κ2) is 4.33. The van der Waals surface area contributed by atoms with Gasteiger partial charge in [-0.2, -0.15) is 0 Å². The van der Waals surface area contributed by atoms with Crippen LogP contribution in [0.3, 0.4) is 0 Å². The Balaban J connectivity index is 2.87. The maximum atomic E-state index is 6.14. The summed E-state index contributed by atoms with van der Waals surface area (Å²) in [6.45, 7) is 6.20. The summed E-state index contributed by atoms with van der Waals surface area (Å²) in [5.74, 6) is 0. The van der Waals surface area contributed by atoms with Gasteiger partial charge in [0.2, 0.25) is 0 Å². The van der Waals surface area contributed by atoms with Crippen LogP contribution in [0.4, 0.5) is 0 Å². The van der Waals surface area contributed by atoms with Gasteiger partial charge in [-0.15, -0.1) is 0 Å². The van der Waals surface area contributed by atoms with Crippen LogP contribution >= 0.6 is 11.6 Å². The van der Waals surface area contributed by atoms with Crippen molar-refractivity contribution in [3.05, 3.63) is 34.3 Å². The van der Waals surface area contributed by atoms with Gasteiger partial charge < -0.3 is 5.73 Å². The van der Waals surface area contributed by atoms with Crippen LogP contribution in [-0.4, -0.2) is 5.54 Å². The summed E-state index contributed by atoms with van der Waals surface area (Å²) in [5.41, 5.74) is 8.27. The minimum absolute atomic E-state index is 0.154. The molecule has 0 heterocycles. The number of halogens is 1. The number of hydrogen-bond donors (Lipinski definition) is 1. The normalized spacial score (nSPS) is 15.2. The molecule has 1 nitrogen and oxygen atoms in total. The Morgan fingerprint density at radius 1 is 1.43 bits per heavy atom. The van der Waals surface area contributed by atoms with Gasteiger partial charge in [-0.25, -0.2) is 0 Å². The molecule has 1 rings (SSSR count). The molecule has 0 saturated carbocycles. The maximum Gasteiger partial charge on any atom is 0.0441 e. The van der Waals surface area contributed by atoms with Gasteiger partial charge in [-0.3, -0.25) is 0 Å². The number of aryl methyl sites for hydroxylation is 1. The molecular weight excluding hydrogens is 194 g/mol. The fourth-order valence-electron chi connectivity index (χ4n) is 1.36. The molecule has 14 heavy (non-hydrogen) atoms. The monoisotopic (exact) mass is 211 g/mol. The van der Waals surface area contributed by atoms with E-state index in [1.807, 2.05) is 13.0 Å². The van der Waals surface area contributed by atoms with Crippen LogP contribution < -0.4 is 5.73 Å². The van der Waals surface area contributed by atoms with Crippen molar-refractivity contribution in [3.63, 3.8) is 0 Å². The summed E-state index contributed by atoms with van der Waals surface area (Å²) in [6, 6.07) is 6.13. The van der Waals surface area contributed by atoms with E-state index in [-0.39, 0.29) is 5.54 Å². The molecule has 0 spiro atoms. The molecule has 0 aliphatic heterocycles. The van der Waals surface area contributed by atoms with Crippen molar-refractivity contribution in [1.29, 1.82) is 0 Å². The van der Waals surface area contributed by atoms with Crippen LogP contribution in [0.5, 0.6) is 0 Å². The highest BCUT2D eigenvalue weighted by atomic mass is 35.5. The second-order valence-electron chi connectivity index (χ2n) is 4.28. The first-order chi connectivity index (χ1) is 6.44. The summed E-state index contributed by atoms with van der Waals surface area (Å²) in [7, 11) is 0. The molecule has 1 unspecified atom stereocenters. The predicted octanol–water partition coefficient (Wildman–Crippen LogP) is 3.32. The summed E-state index contributed by atoms with van der Waals surface area (Å²) in [6.07, 6.45) is 1.79. The van der Waals surface area contributed by atoms with Gasteiger partial charge in [-0.05, 0) is 43.9 Å². The van der Waals surface area contributed by atoms with E-state index in [0.29, 0.717) is 0 Å². The van der Waals surface area contributed by atoms with Gasteiger partial charge in [0, 0.05) is 10.6 Å². The molecule has 2 N–H and O–H groups in total. The van der Waals surface area contributed by atoms with E-state index in [1.54, 1.807) is 0 Å². The highest BCUT2D eigenvalue weighted by molar-refractivity contribution is 6.31. The lowest BCUT2D eigenvalue weighted by Gasteiger charge is -2.23. The Morgan fingerprint density at radius 2 is 2.07 bits per heavy atom. The molecule has 0 bridgehead atoms. The number of rotatable bonds is 3. The summed E-state index contributed by atoms with van der Waals surface area (Å²) in [5, 5.41) is 0.829. The van der Waals surface area contributed by atoms with Gasteiger partial charge in [-0.1, -0.05) is 30.7 Å². The van der Waals surface area contributed by atoms with Crippen LogP contribution in [0, 0.1) is 6.92 Å². The molecule has 0 saturated heterocycles. The first kappa shape index (κ1) is 11.5. The SMILES string of the molecule is CCC(C)(N)Cc1ccc(C)cc1Cl. The van der Waals surface area contributed by atoms with Gasteiger partial charge in [0.1, 0.15) is 0 Å². The van der Waals surface area contributed by atoms with Gasteiger partial charge in [0.15, 0.2) is 0 Å². The molecule has 78 valence electrons. The van der Waals surface area contributed by atoms with Crippen molar-refractivity contribution in [2.24, 2.45) is 5.73 Å². The van der Waals surface area contributed by atoms with E-state index in [9.17, 15) is 0 Å². The minimum atomic E-state index is -0.154. The average molecular weight is 212 g/mol. The molecule has 1 atom stereocenters. The first-order valence-electron chi connectivity index (χ1n) is 4.98. The van der Waals surface area contributed by atoms with Crippen LogP contribution in [0.2, 0.25) is 5.02 Å². The molecule has 2 heteroatoms. The molecule has 1 aromatic rings. The molecule has 0 fully saturated rings. The van der Waals surface area contributed by atoms with E-state index < -0.39 is 0 Å². The van der Waals surface area contributed by atoms with E-state index in [0.717, 1.165) is 23.4 Å². The standard InChI is InChI=1S/C12H18ClN/c1-4-12(3,14)8-10-6-5-9(2)7-11(10)13/h5-7H,4,8,14H2,1-3H3. The third-order valence-electron chi connectivity index (χ3n) is 2.61. The second-order valence-corrected chi connectivity index (χ2v) is 4.69. The zero-order chi connectivity index (χ0) is 10.8. The number of hydrogen-bond acceptors (Lipinski definition) is 1. The van der Waals surface area contributed by atoms with Crippen LogP contribution in [0.25, 0.3) is 0 Å². The van der Waals surface area contributed by atoms with Crippen LogP contribution in [0.15, 0.2) is 18.2 Å². The van der Waals surface area contributed by atoms with Crippen molar-refractivity contribution in [3.8, 4) is 0 Å². The molecule has 0 aliphatic carbocycles. The Bertz CT molecular complexity index is 318. The molecule has 0 aliphatic rings. The van der Waals surface area contributed by atoms with Gasteiger partial charge in [0.25, 0.3) is 0 Å². The van der Waals surface area contributed by atoms with E-state index in [1.165, 1.54) is 5.56 Å². The van der Waals surface area contributed by atoms with E-state index in [4.69, 9.17) is 17.3 Å². The smallest absolute Gasteiger partial charge is 0.0441 e. The highest BCUT2D eigenvalue weighted by Crippen LogP contribution is 2.22. The Kier molecular flexibility index (Phi) is 3.57. The summed E-state index contributed by atoms with van der Waals surface area (Å²) in [4.78, 5) is 0. The molecule has 1 aromatic carbocycles. The highest BCUT2D eigenvalue weighted by Gasteiger charge is 2.17. The van der Waals surface area contributed by atoms with Crippen LogP contribution in [-0.2, 0) is 6.42 Å². The zero-order valence-corrected chi connectivity index (χ0v) is 9.86. The Labute approximate surface area is 91.3 Å². The fourth-order valence-corrected chi connectivity index (χ4v) is 1.66. The summed E-state index contributed by atoms with van der Waals surface area (Å²) >= 11 is 6.14. The third-order valence-corrected chi connectivity index (χ3v) is 2.96. The third kappa shape index (κ3) is 3.00. The van der Waals surface area contributed by atoms with Gasteiger partial charge >= 0.3 is 0 Å². The molecule has 0 amide bonds. The Morgan fingerprint density at radius 3 is 2.57 bits per heavy atom. The Hall–Kier alpha value is -0.530. The topological polar surface area (TPSA) is 26.0 Å². The first-order valence-corrected chi connectivity index (χ1v) is 5.36. The van der Waals surface area contributed by atoms with Gasteiger partial charge in [0.05, 0.1) is 0 Å². The maximum absolute atomic E-state index is 6.14. The quantitative estimate of drug-likeness (QED) is 0.816. The van der Waals surface area contributed by atoms with E-state index in [2.05, 4.69) is 26.0 Å². The van der Waals surface area contributed by atoms with Crippen molar-refractivity contribution >= 4 is 11.6 Å². The fraction of sp³-hybridized carbons (Fsp3) is 0.500. The lowest BCUT2D eigenvalue weighted by Crippen LogP contribution is -2.37. The largest absolute Gasteiger partial charge is 0.325 e. The number of nitrogens with two attached hydrogens (primary N) is 1. The lowest BCUT2D eigenvalue weighted by atomic mass is 9.91. The van der Waals surface area contributed by atoms with Crippen molar-refractivity contribution < 1.29 is 0 Å². The number of benzene rings is 1. The minimum Gasteiger partial charge on any atom is -0.325 e.